The van der Waals surface area contributed by atoms with Gasteiger partial charge < -0.3 is 15.1 Å². The van der Waals surface area contributed by atoms with Gasteiger partial charge in [0.1, 0.15) is 11.6 Å². The molecule has 0 aliphatic carbocycles. The predicted octanol–water partition coefficient (Wildman–Crippen LogP) is 3.60. The van der Waals surface area contributed by atoms with Gasteiger partial charge >= 0.3 is 0 Å². The molecule has 1 atom stereocenters. The summed E-state index contributed by atoms with van der Waals surface area (Å²) in [5.74, 6) is 0.125. The number of likely N-dealkylation sites (tertiary alicyclic amines) is 1. The molecule has 150 valence electrons. The van der Waals surface area contributed by atoms with E-state index < -0.39 is 5.82 Å². The molecule has 1 aromatic heterocycles. The zero-order valence-electron chi connectivity index (χ0n) is 15.8. The van der Waals surface area contributed by atoms with E-state index in [1.54, 1.807) is 19.1 Å². The number of anilines is 1. The maximum Gasteiger partial charge on any atom is 0.287 e. The highest BCUT2D eigenvalue weighted by Gasteiger charge is 2.28. The van der Waals surface area contributed by atoms with Gasteiger partial charge in [0, 0.05) is 19.1 Å². The minimum absolute atomic E-state index is 0.0379. The van der Waals surface area contributed by atoms with Crippen molar-refractivity contribution in [2.45, 2.75) is 38.8 Å². The first-order valence-corrected chi connectivity index (χ1v) is 9.58. The van der Waals surface area contributed by atoms with E-state index in [2.05, 4.69) is 10.6 Å². The third-order valence-electron chi connectivity index (χ3n) is 4.95. The number of nitrogens with zero attached hydrogens (tertiary/aromatic N) is 1. The third-order valence-corrected chi connectivity index (χ3v) is 5.26. The van der Waals surface area contributed by atoms with Crippen LogP contribution in [0.4, 0.5) is 10.1 Å². The maximum absolute atomic E-state index is 13.1. The van der Waals surface area contributed by atoms with E-state index in [0.717, 1.165) is 18.9 Å². The van der Waals surface area contributed by atoms with E-state index in [4.69, 9.17) is 16.0 Å². The van der Waals surface area contributed by atoms with Crippen molar-refractivity contribution < 1.29 is 18.4 Å². The smallest absolute Gasteiger partial charge is 0.287 e. The van der Waals surface area contributed by atoms with Gasteiger partial charge in [0.2, 0.25) is 5.91 Å². The predicted molar refractivity (Wildman–Crippen MR) is 105 cm³/mol. The molecular weight excluding hydrogens is 385 g/mol. The monoisotopic (exact) mass is 407 g/mol. The second-order valence-corrected chi connectivity index (χ2v) is 7.39. The van der Waals surface area contributed by atoms with Gasteiger partial charge in [0.15, 0.2) is 5.76 Å². The zero-order chi connectivity index (χ0) is 20.3. The van der Waals surface area contributed by atoms with Gasteiger partial charge in [0.05, 0.1) is 16.8 Å². The van der Waals surface area contributed by atoms with Crippen LogP contribution < -0.4 is 10.6 Å². The minimum atomic E-state index is -0.454. The molecule has 28 heavy (non-hydrogen) atoms. The van der Waals surface area contributed by atoms with Crippen LogP contribution in [0.1, 0.15) is 36.1 Å². The molecule has 8 heteroatoms. The normalized spacial score (nSPS) is 16.6. The zero-order valence-corrected chi connectivity index (χ0v) is 16.6. The number of rotatable bonds is 5. The lowest BCUT2D eigenvalue weighted by Gasteiger charge is -2.35. The number of hydrogen-bond acceptors (Lipinski definition) is 4. The molecule has 6 nitrogen and oxygen atoms in total. The SMILES string of the molecule is Cc1ccc(C(=O)NC2CCN(C(C)C(=O)Nc3ccc(F)cc3Cl)CC2)o1. The Bertz CT molecular complexity index is 862. The molecule has 1 fully saturated rings. The minimum Gasteiger partial charge on any atom is -0.456 e. The molecule has 0 spiro atoms. The Balaban J connectivity index is 1.49. The van der Waals surface area contributed by atoms with Crippen LogP contribution >= 0.6 is 11.6 Å². The molecule has 1 aromatic carbocycles. The molecule has 1 saturated heterocycles. The highest BCUT2D eigenvalue weighted by atomic mass is 35.5. The van der Waals surface area contributed by atoms with Crippen LogP contribution in [0.15, 0.2) is 34.7 Å². The van der Waals surface area contributed by atoms with Crippen molar-refractivity contribution in [3.05, 3.63) is 52.7 Å². The number of benzene rings is 1. The number of halogens is 2. The first kappa shape index (κ1) is 20.4. The second-order valence-electron chi connectivity index (χ2n) is 6.98. The van der Waals surface area contributed by atoms with Gasteiger partial charge in [0.25, 0.3) is 5.91 Å². The summed E-state index contributed by atoms with van der Waals surface area (Å²) in [4.78, 5) is 26.7. The number of hydrogen-bond donors (Lipinski definition) is 2. The maximum atomic E-state index is 13.1. The Kier molecular flexibility index (Phi) is 6.36. The molecule has 1 aliphatic rings. The lowest BCUT2D eigenvalue weighted by atomic mass is 10.0. The van der Waals surface area contributed by atoms with Crippen LogP contribution in [0.3, 0.4) is 0 Å². The molecule has 0 saturated carbocycles. The van der Waals surface area contributed by atoms with Crippen LogP contribution in [0.5, 0.6) is 0 Å². The average molecular weight is 408 g/mol. The fourth-order valence-corrected chi connectivity index (χ4v) is 3.45. The van der Waals surface area contributed by atoms with E-state index in [1.807, 2.05) is 11.8 Å². The van der Waals surface area contributed by atoms with Crippen molar-refractivity contribution in [2.75, 3.05) is 18.4 Å². The Morgan fingerprint density at radius 2 is 1.96 bits per heavy atom. The molecule has 0 radical (unpaired) electrons. The molecule has 0 bridgehead atoms. The summed E-state index contributed by atoms with van der Waals surface area (Å²) in [6, 6.07) is 6.94. The Morgan fingerprint density at radius 1 is 1.25 bits per heavy atom. The van der Waals surface area contributed by atoms with Crippen LogP contribution in [0, 0.1) is 12.7 Å². The van der Waals surface area contributed by atoms with Gasteiger partial charge in [-0.25, -0.2) is 4.39 Å². The summed E-state index contributed by atoms with van der Waals surface area (Å²) in [5.41, 5.74) is 0.385. The summed E-state index contributed by atoms with van der Waals surface area (Å²) >= 11 is 5.97. The summed E-state index contributed by atoms with van der Waals surface area (Å²) in [7, 11) is 0. The Labute approximate surface area is 168 Å². The van der Waals surface area contributed by atoms with Crippen LogP contribution in [-0.2, 0) is 4.79 Å². The number of aryl methyl sites for hydroxylation is 1. The highest BCUT2D eigenvalue weighted by Crippen LogP contribution is 2.23. The number of furan rings is 1. The number of carbonyl (C=O) groups is 2. The van der Waals surface area contributed by atoms with Gasteiger partial charge in [-0.2, -0.15) is 0 Å². The quantitative estimate of drug-likeness (QED) is 0.794. The van der Waals surface area contributed by atoms with E-state index in [1.165, 1.54) is 12.1 Å². The van der Waals surface area contributed by atoms with Crippen LogP contribution in [0.25, 0.3) is 0 Å². The van der Waals surface area contributed by atoms with Gasteiger partial charge in [-0.15, -0.1) is 0 Å². The first-order valence-electron chi connectivity index (χ1n) is 9.21. The summed E-state index contributed by atoms with van der Waals surface area (Å²) in [6.45, 7) is 4.96. The highest BCUT2D eigenvalue weighted by molar-refractivity contribution is 6.33. The average Bonchev–Trinajstić information content (AvgIpc) is 3.10. The molecular formula is C20H23ClFN3O3. The van der Waals surface area contributed by atoms with Crippen molar-refractivity contribution in [3.63, 3.8) is 0 Å². The number of piperidine rings is 1. The standard InChI is InChI=1S/C20H23ClFN3O3/c1-12-3-6-18(28-12)20(27)23-15-7-9-25(10-8-15)13(2)19(26)24-17-5-4-14(22)11-16(17)21/h3-6,11,13,15H,7-10H2,1-2H3,(H,23,27)(H,24,26). The number of carbonyl (C=O) groups excluding carboxylic acids is 2. The van der Waals surface area contributed by atoms with Gasteiger partial charge in [-0.05, 0) is 57.0 Å². The molecule has 1 aliphatic heterocycles. The molecule has 2 aromatic rings. The molecule has 2 amide bonds. The summed E-state index contributed by atoms with van der Waals surface area (Å²) in [6.07, 6.45) is 1.47. The third kappa shape index (κ3) is 4.91. The lowest BCUT2D eigenvalue weighted by molar-refractivity contribution is -0.121. The molecule has 2 N–H and O–H groups in total. The summed E-state index contributed by atoms with van der Waals surface area (Å²) < 4.78 is 18.5. The fraction of sp³-hybridized carbons (Fsp3) is 0.400. The van der Waals surface area contributed by atoms with E-state index in [9.17, 15) is 14.0 Å². The van der Waals surface area contributed by atoms with E-state index >= 15 is 0 Å². The molecule has 1 unspecified atom stereocenters. The topological polar surface area (TPSA) is 74.6 Å². The van der Waals surface area contributed by atoms with E-state index in [0.29, 0.717) is 30.3 Å². The van der Waals surface area contributed by atoms with Gasteiger partial charge in [-0.1, -0.05) is 11.6 Å². The largest absolute Gasteiger partial charge is 0.456 e. The van der Waals surface area contributed by atoms with Crippen molar-refractivity contribution in [2.24, 2.45) is 0 Å². The van der Waals surface area contributed by atoms with Crippen LogP contribution in [0.2, 0.25) is 5.02 Å². The second kappa shape index (κ2) is 8.75. The van der Waals surface area contributed by atoms with Crippen LogP contribution in [-0.4, -0.2) is 41.9 Å². The van der Waals surface area contributed by atoms with Crippen molar-refractivity contribution >= 4 is 29.1 Å². The number of amides is 2. The first-order chi connectivity index (χ1) is 13.3. The Hall–Kier alpha value is -2.38. The summed E-state index contributed by atoms with van der Waals surface area (Å²) in [5, 5.41) is 5.88. The van der Waals surface area contributed by atoms with Crippen molar-refractivity contribution in [1.29, 1.82) is 0 Å². The van der Waals surface area contributed by atoms with Crippen molar-refractivity contribution in [1.82, 2.24) is 10.2 Å². The lowest BCUT2D eigenvalue weighted by Crippen LogP contribution is -2.50. The van der Waals surface area contributed by atoms with E-state index in [-0.39, 0.29) is 28.9 Å². The molecule has 2 heterocycles. The number of nitrogens with one attached hydrogen (secondary N) is 2. The van der Waals surface area contributed by atoms with Crippen molar-refractivity contribution in [3.8, 4) is 0 Å². The molecule has 3 rings (SSSR count). The van der Waals surface area contributed by atoms with Gasteiger partial charge in [-0.3, -0.25) is 14.5 Å². The Morgan fingerprint density at radius 3 is 2.57 bits per heavy atom. The fourth-order valence-electron chi connectivity index (χ4n) is 3.24.